The number of para-hydroxylation sites is 1. The Labute approximate surface area is 122 Å². The number of nitrogens with one attached hydrogen (secondary N) is 2. The summed E-state index contributed by atoms with van der Waals surface area (Å²) in [7, 11) is -0.745. The highest BCUT2D eigenvalue weighted by Crippen LogP contribution is 2.34. The average Bonchev–Trinajstić information content (AvgIpc) is 2.78. The summed E-state index contributed by atoms with van der Waals surface area (Å²) in [5.74, 6) is 0.714. The van der Waals surface area contributed by atoms with Crippen molar-refractivity contribution in [2.24, 2.45) is 0 Å². The van der Waals surface area contributed by atoms with E-state index in [-0.39, 0.29) is 6.04 Å². The van der Waals surface area contributed by atoms with Crippen molar-refractivity contribution in [3.8, 4) is 0 Å². The van der Waals surface area contributed by atoms with Gasteiger partial charge in [-0.1, -0.05) is 18.2 Å². The van der Waals surface area contributed by atoms with Gasteiger partial charge in [0.15, 0.2) is 0 Å². The molecule has 2 N–H and O–H groups in total. The highest BCUT2D eigenvalue weighted by Gasteiger charge is 2.25. The minimum atomic E-state index is -0.745. The summed E-state index contributed by atoms with van der Waals surface area (Å²) in [6.07, 6.45) is 5.30. The number of aromatic amines is 1. The Morgan fingerprint density at radius 1 is 1.45 bits per heavy atom. The summed E-state index contributed by atoms with van der Waals surface area (Å²) in [5, 5.41) is 5.00. The van der Waals surface area contributed by atoms with Gasteiger partial charge in [0.25, 0.3) is 0 Å². The largest absolute Gasteiger partial charge is 0.357 e. The molecule has 3 unspecified atom stereocenters. The number of aryl methyl sites for hydroxylation is 1. The van der Waals surface area contributed by atoms with Crippen molar-refractivity contribution in [1.29, 1.82) is 0 Å². The van der Waals surface area contributed by atoms with Gasteiger partial charge in [0.2, 0.25) is 0 Å². The summed E-state index contributed by atoms with van der Waals surface area (Å²) >= 11 is 0. The molecule has 3 rings (SSSR count). The Morgan fingerprint density at radius 3 is 3.05 bits per heavy atom. The first-order chi connectivity index (χ1) is 9.65. The maximum atomic E-state index is 11.3. The Kier molecular flexibility index (Phi) is 3.94. The first-order valence-electron chi connectivity index (χ1n) is 7.30. The van der Waals surface area contributed by atoms with E-state index in [1.54, 1.807) is 6.26 Å². The lowest BCUT2D eigenvalue weighted by Crippen LogP contribution is -2.36. The zero-order valence-corrected chi connectivity index (χ0v) is 12.9. The normalized spacial score (nSPS) is 21.6. The van der Waals surface area contributed by atoms with E-state index in [0.717, 1.165) is 12.8 Å². The molecule has 1 aromatic carbocycles. The predicted molar refractivity (Wildman–Crippen MR) is 85.5 cm³/mol. The van der Waals surface area contributed by atoms with E-state index in [2.05, 4.69) is 41.5 Å². The lowest BCUT2D eigenvalue weighted by atomic mass is 9.91. The van der Waals surface area contributed by atoms with Gasteiger partial charge in [-0.3, -0.25) is 4.21 Å². The van der Waals surface area contributed by atoms with E-state index >= 15 is 0 Å². The highest BCUT2D eigenvalue weighted by molar-refractivity contribution is 7.84. The summed E-state index contributed by atoms with van der Waals surface area (Å²) in [6.45, 7) is 2.12. The topological polar surface area (TPSA) is 44.9 Å². The minimum Gasteiger partial charge on any atom is -0.357 e. The van der Waals surface area contributed by atoms with Crippen LogP contribution < -0.4 is 5.32 Å². The number of H-pyrrole nitrogens is 1. The smallest absolute Gasteiger partial charge is 0.0478 e. The molecule has 0 saturated heterocycles. The first-order valence-corrected chi connectivity index (χ1v) is 9.03. The van der Waals surface area contributed by atoms with Crippen molar-refractivity contribution in [3.63, 3.8) is 0 Å². The van der Waals surface area contributed by atoms with Crippen molar-refractivity contribution in [3.05, 3.63) is 35.5 Å². The van der Waals surface area contributed by atoms with E-state index in [9.17, 15) is 4.21 Å². The van der Waals surface area contributed by atoms with Crippen LogP contribution in [0.5, 0.6) is 0 Å². The Bertz CT molecular complexity index is 634. The number of hydrogen-bond donors (Lipinski definition) is 2. The van der Waals surface area contributed by atoms with Gasteiger partial charge in [0.1, 0.15) is 0 Å². The fraction of sp³-hybridized carbons (Fsp3) is 0.500. The van der Waals surface area contributed by atoms with Crippen LogP contribution in [0.3, 0.4) is 0 Å². The van der Waals surface area contributed by atoms with Gasteiger partial charge in [-0.15, -0.1) is 0 Å². The number of benzene rings is 1. The van der Waals surface area contributed by atoms with Crippen molar-refractivity contribution >= 4 is 21.7 Å². The van der Waals surface area contributed by atoms with Crippen LogP contribution in [0.4, 0.5) is 0 Å². The van der Waals surface area contributed by atoms with Crippen molar-refractivity contribution in [2.75, 3.05) is 12.0 Å². The number of aromatic nitrogens is 1. The van der Waals surface area contributed by atoms with Crippen molar-refractivity contribution in [1.82, 2.24) is 10.3 Å². The van der Waals surface area contributed by atoms with Crippen LogP contribution in [0.25, 0.3) is 10.9 Å². The molecule has 3 atom stereocenters. The monoisotopic (exact) mass is 290 g/mol. The van der Waals surface area contributed by atoms with E-state index in [0.29, 0.717) is 11.8 Å². The van der Waals surface area contributed by atoms with Gasteiger partial charge in [-0.05, 0) is 37.8 Å². The van der Waals surface area contributed by atoms with Crippen LogP contribution in [0.15, 0.2) is 24.3 Å². The molecule has 3 nitrogen and oxygen atoms in total. The molecule has 0 aliphatic heterocycles. The minimum absolute atomic E-state index is 0.281. The fourth-order valence-corrected chi connectivity index (χ4v) is 4.13. The van der Waals surface area contributed by atoms with Gasteiger partial charge in [0.05, 0.1) is 0 Å². The zero-order chi connectivity index (χ0) is 14.1. The van der Waals surface area contributed by atoms with Crippen LogP contribution in [0.2, 0.25) is 0 Å². The second-order valence-corrected chi connectivity index (χ2v) is 7.29. The van der Waals surface area contributed by atoms with Gasteiger partial charge in [-0.25, -0.2) is 0 Å². The average molecular weight is 290 g/mol. The molecule has 20 heavy (non-hydrogen) atoms. The molecule has 108 valence electrons. The Morgan fingerprint density at radius 2 is 2.25 bits per heavy atom. The van der Waals surface area contributed by atoms with Crippen LogP contribution >= 0.6 is 0 Å². The van der Waals surface area contributed by atoms with Gasteiger partial charge >= 0.3 is 0 Å². The van der Waals surface area contributed by atoms with E-state index in [1.807, 2.05) is 0 Å². The summed E-state index contributed by atoms with van der Waals surface area (Å²) < 4.78 is 11.3. The number of hydrogen-bond acceptors (Lipinski definition) is 2. The standard InChI is InChI=1S/C16H22N2OS/c1-11(10-20(2)19)17-15-9-5-7-13-12-6-3-4-8-14(12)18-16(13)15/h3-4,6,8,11,15,17-18H,5,7,9-10H2,1-2H3. The summed E-state index contributed by atoms with van der Waals surface area (Å²) in [5.41, 5.74) is 4.04. The quantitative estimate of drug-likeness (QED) is 0.909. The third kappa shape index (κ3) is 2.67. The third-order valence-corrected chi connectivity index (χ3v) is 5.05. The van der Waals surface area contributed by atoms with Gasteiger partial charge in [0, 0.05) is 51.5 Å². The van der Waals surface area contributed by atoms with Crippen LogP contribution in [0, 0.1) is 0 Å². The van der Waals surface area contributed by atoms with E-state index < -0.39 is 10.8 Å². The third-order valence-electron chi connectivity index (χ3n) is 4.09. The summed E-state index contributed by atoms with van der Waals surface area (Å²) in [4.78, 5) is 3.59. The van der Waals surface area contributed by atoms with Gasteiger partial charge < -0.3 is 10.3 Å². The molecule has 1 heterocycles. The molecule has 2 aromatic rings. The van der Waals surface area contributed by atoms with Crippen molar-refractivity contribution < 1.29 is 4.21 Å². The lowest BCUT2D eigenvalue weighted by molar-refractivity contribution is 0.419. The molecule has 0 amide bonds. The second-order valence-electron chi connectivity index (χ2n) is 5.82. The molecule has 0 bridgehead atoms. The number of fused-ring (bicyclic) bond motifs is 3. The van der Waals surface area contributed by atoms with Gasteiger partial charge in [-0.2, -0.15) is 0 Å². The fourth-order valence-electron chi connectivity index (χ4n) is 3.33. The first kappa shape index (κ1) is 13.8. The Hall–Kier alpha value is -1.13. The van der Waals surface area contributed by atoms with Crippen LogP contribution in [-0.4, -0.2) is 27.2 Å². The maximum absolute atomic E-state index is 11.3. The molecule has 0 fully saturated rings. The second kappa shape index (κ2) is 5.70. The molecule has 4 heteroatoms. The zero-order valence-electron chi connectivity index (χ0n) is 12.1. The molecule has 0 radical (unpaired) electrons. The molecule has 0 spiro atoms. The van der Waals surface area contributed by atoms with E-state index in [1.165, 1.54) is 28.6 Å². The number of rotatable bonds is 4. The van der Waals surface area contributed by atoms with E-state index in [4.69, 9.17) is 0 Å². The molecule has 1 aromatic heterocycles. The SMILES string of the molecule is CC(CS(C)=O)NC1CCCc2c1[nH]c1ccccc21. The van der Waals surface area contributed by atoms with Crippen molar-refractivity contribution in [2.45, 2.75) is 38.3 Å². The van der Waals surface area contributed by atoms with Crippen LogP contribution in [-0.2, 0) is 17.2 Å². The summed E-state index contributed by atoms with van der Waals surface area (Å²) in [6, 6.07) is 9.19. The molecule has 0 saturated carbocycles. The Balaban J connectivity index is 1.88. The lowest BCUT2D eigenvalue weighted by Gasteiger charge is -2.27. The maximum Gasteiger partial charge on any atom is 0.0478 e. The molecular formula is C16H22N2OS. The van der Waals surface area contributed by atoms with Crippen LogP contribution in [0.1, 0.15) is 37.1 Å². The highest BCUT2D eigenvalue weighted by atomic mass is 32.2. The molecule has 1 aliphatic rings. The molecule has 1 aliphatic carbocycles. The predicted octanol–water partition coefficient (Wildman–Crippen LogP) is 2.90. The molecular weight excluding hydrogens is 268 g/mol.